The molecule has 0 aliphatic rings. The first kappa shape index (κ1) is 17.8. The predicted molar refractivity (Wildman–Crippen MR) is 99.7 cm³/mol. The van der Waals surface area contributed by atoms with Gasteiger partial charge in [0.25, 0.3) is 0 Å². The number of hydrogen-bond donors (Lipinski definition) is 0. The van der Waals surface area contributed by atoms with Gasteiger partial charge in [-0.1, -0.05) is 29.7 Å². The summed E-state index contributed by atoms with van der Waals surface area (Å²) in [5, 5.41) is 8.30. The molecule has 3 rings (SSSR count). The molecule has 26 heavy (non-hydrogen) atoms. The smallest absolute Gasteiger partial charge is 0.368 e. The number of tetrazole rings is 1. The van der Waals surface area contributed by atoms with Gasteiger partial charge in [-0.25, -0.2) is 4.79 Å². The van der Waals surface area contributed by atoms with Gasteiger partial charge >= 0.3 is 5.69 Å². The van der Waals surface area contributed by atoms with E-state index in [0.29, 0.717) is 16.5 Å². The Bertz CT molecular complexity index is 1070. The van der Waals surface area contributed by atoms with Gasteiger partial charge in [-0.05, 0) is 54.1 Å². The van der Waals surface area contributed by atoms with Crippen LogP contribution in [0.15, 0.2) is 41.2 Å². The van der Waals surface area contributed by atoms with Crippen LogP contribution in [0, 0.1) is 18.8 Å². The normalized spacial score (nSPS) is 10.3. The van der Waals surface area contributed by atoms with Crippen molar-refractivity contribution in [2.24, 2.45) is 7.05 Å². The third kappa shape index (κ3) is 3.48. The van der Waals surface area contributed by atoms with Crippen molar-refractivity contribution in [3.05, 3.63) is 68.6 Å². The fraction of sp³-hybridized carbons (Fsp3) is 0.211. The number of aromatic nitrogens is 4. The molecule has 0 N–H and O–H groups in total. The molecule has 7 heteroatoms. The average molecular weight is 369 g/mol. The molecule has 0 aliphatic heterocycles. The second kappa shape index (κ2) is 7.46. The molecule has 0 bridgehead atoms. The molecule has 0 fully saturated rings. The molecule has 1 aromatic heterocycles. The molecule has 0 radical (unpaired) electrons. The van der Waals surface area contributed by atoms with Crippen molar-refractivity contribution in [1.29, 1.82) is 0 Å². The van der Waals surface area contributed by atoms with E-state index in [1.165, 1.54) is 9.36 Å². The molecule has 3 aromatic rings. The maximum atomic E-state index is 12.3. The molecular formula is C19H17ClN4O2. The molecule has 0 unspecified atom stereocenters. The third-order valence-electron chi connectivity index (χ3n) is 3.88. The van der Waals surface area contributed by atoms with Gasteiger partial charge < -0.3 is 4.74 Å². The van der Waals surface area contributed by atoms with E-state index in [0.717, 1.165) is 16.7 Å². The van der Waals surface area contributed by atoms with Crippen LogP contribution < -0.4 is 10.4 Å². The zero-order chi connectivity index (χ0) is 18.7. The van der Waals surface area contributed by atoms with Gasteiger partial charge in [-0.3, -0.25) is 0 Å². The van der Waals surface area contributed by atoms with Crippen molar-refractivity contribution in [1.82, 2.24) is 19.8 Å². The highest BCUT2D eigenvalue weighted by Gasteiger charge is 2.15. The summed E-state index contributed by atoms with van der Waals surface area (Å²) < 4.78 is 8.39. The quantitative estimate of drug-likeness (QED) is 0.664. The maximum absolute atomic E-state index is 12.3. The van der Waals surface area contributed by atoms with Crippen molar-refractivity contribution in [3.8, 4) is 23.3 Å². The van der Waals surface area contributed by atoms with Gasteiger partial charge in [0, 0.05) is 23.2 Å². The Morgan fingerprint density at radius 3 is 2.73 bits per heavy atom. The van der Waals surface area contributed by atoms with Crippen molar-refractivity contribution in [3.63, 3.8) is 0 Å². The number of ether oxygens (including phenoxy) is 1. The van der Waals surface area contributed by atoms with Crippen LogP contribution in [-0.2, 0) is 13.7 Å². The van der Waals surface area contributed by atoms with Crippen molar-refractivity contribution in [2.45, 2.75) is 20.5 Å². The fourth-order valence-corrected chi connectivity index (χ4v) is 2.68. The van der Waals surface area contributed by atoms with Crippen LogP contribution in [0.1, 0.15) is 23.6 Å². The van der Waals surface area contributed by atoms with Crippen LogP contribution in [0.4, 0.5) is 0 Å². The SMILES string of the molecule is CC#Cc1cccc(-n2nnn(C)c2=O)c1COc1cc(Cl)ccc1C. The van der Waals surface area contributed by atoms with Crippen LogP contribution in [0.2, 0.25) is 5.02 Å². The predicted octanol–water partition coefficient (Wildman–Crippen LogP) is 2.88. The van der Waals surface area contributed by atoms with Gasteiger partial charge in [0.2, 0.25) is 0 Å². The second-order valence-corrected chi connectivity index (χ2v) is 6.11. The first-order chi connectivity index (χ1) is 12.5. The van der Waals surface area contributed by atoms with Crippen LogP contribution in [0.25, 0.3) is 5.69 Å². The van der Waals surface area contributed by atoms with Gasteiger partial charge in [0.05, 0.1) is 5.69 Å². The van der Waals surface area contributed by atoms with E-state index in [1.807, 2.05) is 31.2 Å². The summed E-state index contributed by atoms with van der Waals surface area (Å²) in [6, 6.07) is 11.0. The Morgan fingerprint density at radius 1 is 1.23 bits per heavy atom. The minimum Gasteiger partial charge on any atom is -0.488 e. The third-order valence-corrected chi connectivity index (χ3v) is 4.12. The first-order valence-electron chi connectivity index (χ1n) is 7.94. The standard InChI is InChI=1S/C19H17ClN4O2/c1-4-6-14-7-5-8-17(24-19(25)23(3)21-22-24)16(14)12-26-18-11-15(20)10-9-13(18)2/h5,7-11H,12H2,1-3H3. The molecule has 0 amide bonds. The second-order valence-electron chi connectivity index (χ2n) is 5.67. The van der Waals surface area contributed by atoms with E-state index in [4.69, 9.17) is 16.3 Å². The Hall–Kier alpha value is -3.04. The van der Waals surface area contributed by atoms with Crippen molar-refractivity contribution in [2.75, 3.05) is 0 Å². The van der Waals surface area contributed by atoms with Gasteiger partial charge in [-0.2, -0.15) is 9.36 Å². The molecule has 0 atom stereocenters. The van der Waals surface area contributed by atoms with E-state index in [2.05, 4.69) is 22.3 Å². The molecule has 1 heterocycles. The lowest BCUT2D eigenvalue weighted by Gasteiger charge is -2.14. The highest BCUT2D eigenvalue weighted by Crippen LogP contribution is 2.25. The van der Waals surface area contributed by atoms with E-state index >= 15 is 0 Å². The molecule has 0 spiro atoms. The minimum absolute atomic E-state index is 0.213. The van der Waals surface area contributed by atoms with E-state index in [9.17, 15) is 4.79 Å². The van der Waals surface area contributed by atoms with Crippen LogP contribution in [0.5, 0.6) is 5.75 Å². The number of halogens is 1. The topological polar surface area (TPSA) is 61.9 Å². The Balaban J connectivity index is 2.06. The number of nitrogens with zero attached hydrogens (tertiary/aromatic N) is 4. The summed E-state index contributed by atoms with van der Waals surface area (Å²) in [6.45, 7) is 3.91. The summed E-state index contributed by atoms with van der Waals surface area (Å²) in [5.74, 6) is 6.61. The van der Waals surface area contributed by atoms with Crippen molar-refractivity contribution >= 4 is 11.6 Å². The summed E-state index contributed by atoms with van der Waals surface area (Å²) in [5.41, 5.74) is 2.73. The van der Waals surface area contributed by atoms with Crippen molar-refractivity contribution < 1.29 is 4.74 Å². The van der Waals surface area contributed by atoms with Crippen LogP contribution in [-0.4, -0.2) is 19.8 Å². The van der Waals surface area contributed by atoms with Gasteiger partial charge in [0.1, 0.15) is 12.4 Å². The lowest BCUT2D eigenvalue weighted by molar-refractivity contribution is 0.303. The van der Waals surface area contributed by atoms with Gasteiger partial charge in [-0.15, -0.1) is 5.92 Å². The number of hydrogen-bond acceptors (Lipinski definition) is 4. The number of benzene rings is 2. The highest BCUT2D eigenvalue weighted by atomic mass is 35.5. The summed E-state index contributed by atoms with van der Waals surface area (Å²) >= 11 is 6.06. The highest BCUT2D eigenvalue weighted by molar-refractivity contribution is 6.30. The zero-order valence-corrected chi connectivity index (χ0v) is 15.4. The monoisotopic (exact) mass is 368 g/mol. The molecule has 132 valence electrons. The molecular weight excluding hydrogens is 352 g/mol. The maximum Gasteiger partial charge on any atom is 0.368 e. The summed E-state index contributed by atoms with van der Waals surface area (Å²) in [6.07, 6.45) is 0. The molecule has 6 nitrogen and oxygen atoms in total. The largest absolute Gasteiger partial charge is 0.488 e. The lowest BCUT2D eigenvalue weighted by atomic mass is 10.1. The number of aryl methyl sites for hydroxylation is 2. The Kier molecular flexibility index (Phi) is 5.10. The molecule has 2 aromatic carbocycles. The summed E-state index contributed by atoms with van der Waals surface area (Å²) in [4.78, 5) is 12.3. The van der Waals surface area contributed by atoms with E-state index < -0.39 is 0 Å². The van der Waals surface area contributed by atoms with E-state index in [1.54, 1.807) is 26.1 Å². The first-order valence-corrected chi connectivity index (χ1v) is 8.32. The molecule has 0 aliphatic carbocycles. The average Bonchev–Trinajstić information content (AvgIpc) is 2.95. The Labute approximate surface area is 156 Å². The fourth-order valence-electron chi connectivity index (χ4n) is 2.52. The zero-order valence-electron chi connectivity index (χ0n) is 14.7. The van der Waals surface area contributed by atoms with E-state index in [-0.39, 0.29) is 12.3 Å². The molecule has 0 saturated heterocycles. The number of rotatable bonds is 4. The van der Waals surface area contributed by atoms with Crippen LogP contribution in [0.3, 0.4) is 0 Å². The minimum atomic E-state index is -0.341. The Morgan fingerprint density at radius 2 is 2.04 bits per heavy atom. The van der Waals surface area contributed by atoms with Gasteiger partial charge in [0.15, 0.2) is 0 Å². The summed E-state index contributed by atoms with van der Waals surface area (Å²) in [7, 11) is 1.55. The van der Waals surface area contributed by atoms with Crippen LogP contribution >= 0.6 is 11.6 Å². The lowest BCUT2D eigenvalue weighted by Crippen LogP contribution is -2.23. The molecule has 0 saturated carbocycles.